The van der Waals surface area contributed by atoms with Crippen LogP contribution in [0.3, 0.4) is 0 Å². The summed E-state index contributed by atoms with van der Waals surface area (Å²) in [6.07, 6.45) is 0. The molecule has 0 spiro atoms. The molecule has 0 aromatic rings. The van der Waals surface area contributed by atoms with E-state index in [2.05, 4.69) is 0 Å². The minimum Gasteiger partial charge on any atom is -2.00 e. The van der Waals surface area contributed by atoms with Crippen molar-refractivity contribution in [1.82, 2.24) is 0 Å². The van der Waals surface area contributed by atoms with Crippen molar-refractivity contribution in [3.8, 4) is 0 Å². The molecular weight excluding hydrogens is 178 g/mol. The van der Waals surface area contributed by atoms with Gasteiger partial charge in [-0.3, -0.25) is 0 Å². The van der Waals surface area contributed by atoms with E-state index in [1.807, 2.05) is 0 Å². The summed E-state index contributed by atoms with van der Waals surface area (Å²) < 4.78 is 0. The quantitative estimate of drug-likeness (QED) is 0.436. The molecule has 0 saturated carbocycles. The largest absolute Gasteiger partial charge is 2.00 e. The van der Waals surface area contributed by atoms with Gasteiger partial charge in [-0.05, 0) is 0 Å². The molecule has 0 atom stereocenters. The molecule has 0 aromatic carbocycles. The summed E-state index contributed by atoms with van der Waals surface area (Å²) in [6, 6.07) is 0. The molecule has 0 aliphatic rings. The Kier molecular flexibility index (Phi) is 360. The van der Waals surface area contributed by atoms with Gasteiger partial charge in [-0.1, -0.05) is 0 Å². The summed E-state index contributed by atoms with van der Waals surface area (Å²) in [5.41, 5.74) is 0. The fourth-order valence-corrected chi connectivity index (χ4v) is 0. The Labute approximate surface area is 79.6 Å². The zero-order chi connectivity index (χ0) is 0. The summed E-state index contributed by atoms with van der Waals surface area (Å²) in [5.74, 6) is 0. The molecule has 5 heteroatoms. The molecule has 0 rings (SSSR count). The maximum atomic E-state index is 0. The Morgan fingerprint density at radius 1 is 1.00 bits per heavy atom. The standard InChI is InChI=1S/Cr.Li.Mn.O.Ti.H/q;;+2;-2;;. The van der Waals surface area contributed by atoms with Crippen molar-refractivity contribution in [1.29, 1.82) is 0 Å². The van der Waals surface area contributed by atoms with Crippen LogP contribution in [0.15, 0.2) is 0 Å². The third-order valence-corrected chi connectivity index (χ3v) is 0. The number of rotatable bonds is 0. The van der Waals surface area contributed by atoms with Crippen LogP contribution in [-0.4, -0.2) is 18.9 Å². The summed E-state index contributed by atoms with van der Waals surface area (Å²) in [4.78, 5) is 0. The number of hydrogen-bond donors (Lipinski definition) is 0. The fourth-order valence-electron chi connectivity index (χ4n) is 0. The summed E-state index contributed by atoms with van der Waals surface area (Å²) >= 11 is 0. The Morgan fingerprint density at radius 2 is 1.00 bits per heavy atom. The zero-order valence-corrected chi connectivity index (χ0v) is 5.71. The van der Waals surface area contributed by atoms with Crippen molar-refractivity contribution in [2.24, 2.45) is 0 Å². The van der Waals surface area contributed by atoms with E-state index in [-0.39, 0.29) is 80.5 Å². The van der Waals surface area contributed by atoms with Gasteiger partial charge in [-0.25, -0.2) is 0 Å². The molecule has 0 bridgehead atoms. The van der Waals surface area contributed by atoms with Crippen molar-refractivity contribution >= 4 is 18.9 Å². The molecule has 0 heterocycles. The van der Waals surface area contributed by atoms with E-state index in [0.29, 0.717) is 0 Å². The second-order valence-electron chi connectivity index (χ2n) is 0. The van der Waals surface area contributed by atoms with Crippen molar-refractivity contribution in [3.63, 3.8) is 0 Å². The van der Waals surface area contributed by atoms with Gasteiger partial charge < -0.3 is 5.48 Å². The smallest absolute Gasteiger partial charge is 2.00 e. The summed E-state index contributed by atoms with van der Waals surface area (Å²) in [7, 11) is 0. The first-order valence-corrected chi connectivity index (χ1v) is 0. The maximum Gasteiger partial charge on any atom is 2.00 e. The van der Waals surface area contributed by atoms with Gasteiger partial charge >= 0.3 is 35.9 Å². The van der Waals surface area contributed by atoms with Crippen LogP contribution in [0.2, 0.25) is 0 Å². The van der Waals surface area contributed by atoms with Crippen LogP contribution in [0.4, 0.5) is 0 Å². The van der Waals surface area contributed by atoms with Crippen molar-refractivity contribution < 1.29 is 61.6 Å². The average molecular weight is 179 g/mol. The Hall–Kier alpha value is 2.32. The van der Waals surface area contributed by atoms with Gasteiger partial charge in [0.15, 0.2) is 0 Å². The van der Waals surface area contributed by atoms with Crippen molar-refractivity contribution in [3.05, 3.63) is 0 Å². The van der Waals surface area contributed by atoms with Crippen LogP contribution in [-0.2, 0) is 61.6 Å². The van der Waals surface area contributed by atoms with Crippen LogP contribution in [0, 0.1) is 0 Å². The van der Waals surface area contributed by atoms with E-state index in [1.165, 1.54) is 0 Å². The van der Waals surface area contributed by atoms with Crippen LogP contribution >= 0.6 is 0 Å². The zero-order valence-electron chi connectivity index (χ0n) is 1.69. The first-order valence-electron chi connectivity index (χ1n) is 0. The Balaban J connectivity index is 0. The topological polar surface area (TPSA) is 28.5 Å². The van der Waals surface area contributed by atoms with Crippen LogP contribution < -0.4 is 0 Å². The van der Waals surface area contributed by atoms with Gasteiger partial charge in [-0.15, -0.1) is 0 Å². The van der Waals surface area contributed by atoms with E-state index in [9.17, 15) is 0 Å². The minimum atomic E-state index is 0. The van der Waals surface area contributed by atoms with Gasteiger partial charge in [0.1, 0.15) is 0 Å². The second-order valence-corrected chi connectivity index (χ2v) is 0. The third kappa shape index (κ3) is 21.9. The summed E-state index contributed by atoms with van der Waals surface area (Å²) in [5, 5.41) is 0. The molecule has 0 aromatic heterocycles. The molecule has 0 amide bonds. The van der Waals surface area contributed by atoms with E-state index in [0.717, 1.165) is 0 Å². The molecule has 1 radical (unpaired) electrons. The van der Waals surface area contributed by atoms with Crippen molar-refractivity contribution in [2.45, 2.75) is 0 Å². The predicted octanol–water partition coefficient (Wildman–Crippen LogP) is -0.775. The van der Waals surface area contributed by atoms with Gasteiger partial charge in [-0.2, -0.15) is 0 Å². The first-order chi connectivity index (χ1) is 0. The maximum absolute atomic E-state index is 0. The average Bonchev–Trinajstić information content (AvgIpc) is 0. The molecule has 0 saturated heterocycles. The molecule has 0 fully saturated rings. The SMILES string of the molecule is [Cr].[LiH].[Mn+2].[O-2].[Ti]. The van der Waals surface area contributed by atoms with Gasteiger partial charge in [0, 0.05) is 39.1 Å². The molecule has 1 nitrogen and oxygen atoms in total. The molecule has 25 valence electrons. The van der Waals surface area contributed by atoms with E-state index in [4.69, 9.17) is 0 Å². The predicted molar refractivity (Wildman–Crippen MR) is 7.84 cm³/mol. The van der Waals surface area contributed by atoms with E-state index < -0.39 is 0 Å². The monoisotopic (exact) mass is 179 g/mol. The normalized spacial score (nSPS) is 0. The minimum absolute atomic E-state index is 0. The van der Waals surface area contributed by atoms with E-state index in [1.54, 1.807) is 0 Å². The Morgan fingerprint density at radius 3 is 1.00 bits per heavy atom. The van der Waals surface area contributed by atoms with Crippen LogP contribution in [0.1, 0.15) is 0 Å². The third-order valence-electron chi connectivity index (χ3n) is 0. The number of hydrogen-bond acceptors (Lipinski definition) is 0. The molecule has 0 unspecified atom stereocenters. The molecule has 0 aliphatic heterocycles. The molecule has 0 aliphatic carbocycles. The van der Waals surface area contributed by atoms with Crippen molar-refractivity contribution in [2.75, 3.05) is 0 Å². The first kappa shape index (κ1) is 54.2. The van der Waals surface area contributed by atoms with Gasteiger partial charge in [0.25, 0.3) is 0 Å². The van der Waals surface area contributed by atoms with Crippen LogP contribution in [0.5, 0.6) is 0 Å². The molecule has 0 N–H and O–H groups in total. The van der Waals surface area contributed by atoms with Gasteiger partial charge in [0.05, 0.1) is 0 Å². The van der Waals surface area contributed by atoms with Crippen LogP contribution in [0.25, 0.3) is 0 Å². The fraction of sp³-hybridized carbons (Fsp3) is 0. The Bertz CT molecular complexity index is 11.6. The van der Waals surface area contributed by atoms with Gasteiger partial charge in [0.2, 0.25) is 0 Å². The molecule has 5 heavy (non-hydrogen) atoms. The molecular formula is HCrLiMnOTi. The second kappa shape index (κ2) is 33.2. The van der Waals surface area contributed by atoms with E-state index >= 15 is 0 Å². The summed E-state index contributed by atoms with van der Waals surface area (Å²) in [6.45, 7) is 0.